The van der Waals surface area contributed by atoms with Crippen LogP contribution in [0.2, 0.25) is 0 Å². The molecule has 0 aliphatic heterocycles. The number of pyridine rings is 1. The van der Waals surface area contributed by atoms with Gasteiger partial charge in [-0.05, 0) is 40.2 Å². The topological polar surface area (TPSA) is 103 Å². The highest BCUT2D eigenvalue weighted by atomic mass is 79.9. The minimum Gasteiger partial charge on any atom is -0.492 e. The van der Waals surface area contributed by atoms with Gasteiger partial charge in [0.2, 0.25) is 0 Å². The smallest absolute Gasteiger partial charge is 0.288 e. The predicted octanol–water partition coefficient (Wildman–Crippen LogP) is 2.83. The molecule has 2 aromatic rings. The third kappa shape index (κ3) is 4.32. The van der Waals surface area contributed by atoms with Gasteiger partial charge in [-0.2, -0.15) is 0 Å². The maximum atomic E-state index is 10.6. The average molecular weight is 353 g/mol. The van der Waals surface area contributed by atoms with Gasteiger partial charge in [-0.1, -0.05) is 0 Å². The molecule has 0 saturated carbocycles. The van der Waals surface area contributed by atoms with Crippen LogP contribution in [0, 0.1) is 10.1 Å². The Labute approximate surface area is 129 Å². The molecule has 1 aromatic heterocycles. The van der Waals surface area contributed by atoms with E-state index in [2.05, 4.69) is 26.2 Å². The number of nitrogens with zero attached hydrogens (tertiary/aromatic N) is 2. The van der Waals surface area contributed by atoms with E-state index in [0.717, 1.165) is 5.75 Å². The van der Waals surface area contributed by atoms with Crippen molar-refractivity contribution in [2.75, 3.05) is 24.2 Å². The molecule has 0 radical (unpaired) electrons. The van der Waals surface area contributed by atoms with E-state index >= 15 is 0 Å². The number of rotatable bonds is 6. The van der Waals surface area contributed by atoms with Crippen LogP contribution in [-0.2, 0) is 0 Å². The molecule has 21 heavy (non-hydrogen) atoms. The van der Waals surface area contributed by atoms with Crippen molar-refractivity contribution in [1.82, 2.24) is 4.98 Å². The number of benzene rings is 1. The lowest BCUT2D eigenvalue weighted by Gasteiger charge is -2.09. The van der Waals surface area contributed by atoms with Gasteiger partial charge in [0.1, 0.15) is 24.4 Å². The second-order valence-corrected chi connectivity index (χ2v) is 4.98. The molecule has 1 aromatic carbocycles. The molecule has 0 aliphatic rings. The summed E-state index contributed by atoms with van der Waals surface area (Å²) in [6.07, 6.45) is 1.20. The molecule has 3 N–H and O–H groups in total. The Morgan fingerprint density at radius 1 is 1.38 bits per heavy atom. The molecule has 0 bridgehead atoms. The molecule has 2 rings (SSSR count). The molecule has 0 atom stereocenters. The third-order valence-electron chi connectivity index (χ3n) is 2.58. The van der Waals surface area contributed by atoms with Crippen LogP contribution in [-0.4, -0.2) is 23.1 Å². The fourth-order valence-corrected chi connectivity index (χ4v) is 2.04. The number of halogens is 1. The highest BCUT2D eigenvalue weighted by Gasteiger charge is 2.10. The van der Waals surface area contributed by atoms with Crippen LogP contribution in [0.4, 0.5) is 17.2 Å². The van der Waals surface area contributed by atoms with Crippen LogP contribution in [0.15, 0.2) is 41.0 Å². The summed E-state index contributed by atoms with van der Waals surface area (Å²) in [4.78, 5) is 14.1. The van der Waals surface area contributed by atoms with Crippen molar-refractivity contribution in [2.45, 2.75) is 0 Å². The van der Waals surface area contributed by atoms with Crippen molar-refractivity contribution in [3.8, 4) is 5.75 Å². The molecular formula is C13H13BrN4O3. The SMILES string of the molecule is Nc1ccc(OCCNc2ncc([N+](=O)[O-])cc2Br)cc1. The summed E-state index contributed by atoms with van der Waals surface area (Å²) >= 11 is 3.24. The van der Waals surface area contributed by atoms with E-state index in [1.807, 2.05) is 0 Å². The lowest BCUT2D eigenvalue weighted by Crippen LogP contribution is -2.12. The Morgan fingerprint density at radius 3 is 2.71 bits per heavy atom. The van der Waals surface area contributed by atoms with Crippen LogP contribution < -0.4 is 15.8 Å². The molecule has 7 nitrogen and oxygen atoms in total. The zero-order valence-electron chi connectivity index (χ0n) is 11.0. The minimum absolute atomic E-state index is 0.0643. The Balaban J connectivity index is 1.83. The van der Waals surface area contributed by atoms with E-state index in [1.165, 1.54) is 12.3 Å². The number of nitrogens with one attached hydrogen (secondary N) is 1. The van der Waals surface area contributed by atoms with Crippen molar-refractivity contribution in [3.63, 3.8) is 0 Å². The number of nitro groups is 1. The fourth-order valence-electron chi connectivity index (χ4n) is 1.56. The first-order chi connectivity index (χ1) is 10.1. The molecule has 8 heteroatoms. The summed E-state index contributed by atoms with van der Waals surface area (Å²) in [6.45, 7) is 0.933. The van der Waals surface area contributed by atoms with Crippen LogP contribution in [0.5, 0.6) is 5.75 Å². The summed E-state index contributed by atoms with van der Waals surface area (Å²) in [5, 5.41) is 13.6. The second-order valence-electron chi connectivity index (χ2n) is 4.13. The summed E-state index contributed by atoms with van der Waals surface area (Å²) in [5.41, 5.74) is 6.19. The van der Waals surface area contributed by atoms with Crippen LogP contribution in [0.25, 0.3) is 0 Å². The van der Waals surface area contributed by atoms with Gasteiger partial charge in [-0.3, -0.25) is 10.1 Å². The van der Waals surface area contributed by atoms with Gasteiger partial charge in [0.05, 0.1) is 15.9 Å². The Kier molecular flexibility index (Phi) is 4.94. The number of nitrogens with two attached hydrogens (primary N) is 1. The molecule has 0 aliphatic carbocycles. The summed E-state index contributed by atoms with van der Waals surface area (Å²) in [6, 6.07) is 8.50. The Hall–Kier alpha value is -2.35. The average Bonchev–Trinajstić information content (AvgIpc) is 2.46. The van der Waals surface area contributed by atoms with Gasteiger partial charge >= 0.3 is 0 Å². The fraction of sp³-hybridized carbons (Fsp3) is 0.154. The van der Waals surface area contributed by atoms with E-state index in [1.54, 1.807) is 24.3 Å². The highest BCUT2D eigenvalue weighted by molar-refractivity contribution is 9.10. The molecule has 1 heterocycles. The largest absolute Gasteiger partial charge is 0.492 e. The zero-order chi connectivity index (χ0) is 15.2. The number of nitrogen functional groups attached to an aromatic ring is 1. The van der Waals surface area contributed by atoms with E-state index in [4.69, 9.17) is 10.5 Å². The van der Waals surface area contributed by atoms with Gasteiger partial charge in [0, 0.05) is 11.8 Å². The number of ether oxygens (including phenoxy) is 1. The van der Waals surface area contributed by atoms with E-state index in [0.29, 0.717) is 29.1 Å². The minimum atomic E-state index is -0.494. The lowest BCUT2D eigenvalue weighted by molar-refractivity contribution is -0.385. The predicted molar refractivity (Wildman–Crippen MR) is 83.4 cm³/mol. The van der Waals surface area contributed by atoms with Gasteiger partial charge < -0.3 is 15.8 Å². The summed E-state index contributed by atoms with van der Waals surface area (Å²) in [5.74, 6) is 1.25. The van der Waals surface area contributed by atoms with E-state index in [9.17, 15) is 10.1 Å². The second kappa shape index (κ2) is 6.89. The first-order valence-corrected chi connectivity index (χ1v) is 6.87. The molecule has 0 saturated heterocycles. The first-order valence-electron chi connectivity index (χ1n) is 6.08. The highest BCUT2D eigenvalue weighted by Crippen LogP contribution is 2.24. The summed E-state index contributed by atoms with van der Waals surface area (Å²) in [7, 11) is 0. The van der Waals surface area contributed by atoms with Gasteiger partial charge in [0.15, 0.2) is 0 Å². The Bertz CT molecular complexity index is 634. The van der Waals surface area contributed by atoms with Crippen molar-refractivity contribution < 1.29 is 9.66 Å². The van der Waals surface area contributed by atoms with E-state index < -0.39 is 4.92 Å². The molecule has 0 spiro atoms. The van der Waals surface area contributed by atoms with Gasteiger partial charge in [0.25, 0.3) is 5.69 Å². The standard InChI is InChI=1S/C13H13BrN4O3/c14-12-7-10(18(19)20)8-17-13(12)16-5-6-21-11-3-1-9(15)2-4-11/h1-4,7-8H,5-6,15H2,(H,16,17). The molecule has 0 unspecified atom stereocenters. The lowest BCUT2D eigenvalue weighted by atomic mass is 10.3. The van der Waals surface area contributed by atoms with Gasteiger partial charge in [-0.25, -0.2) is 4.98 Å². The summed E-state index contributed by atoms with van der Waals surface area (Å²) < 4.78 is 6.05. The molecule has 0 amide bonds. The number of anilines is 2. The van der Waals surface area contributed by atoms with Gasteiger partial charge in [-0.15, -0.1) is 0 Å². The molecular weight excluding hydrogens is 340 g/mol. The Morgan fingerprint density at radius 2 is 2.10 bits per heavy atom. The maximum Gasteiger partial charge on any atom is 0.288 e. The van der Waals surface area contributed by atoms with Crippen molar-refractivity contribution in [2.24, 2.45) is 0 Å². The van der Waals surface area contributed by atoms with Crippen LogP contribution in [0.1, 0.15) is 0 Å². The number of hydrogen-bond acceptors (Lipinski definition) is 6. The van der Waals surface area contributed by atoms with Crippen LogP contribution in [0.3, 0.4) is 0 Å². The third-order valence-corrected chi connectivity index (χ3v) is 3.19. The van der Waals surface area contributed by atoms with Crippen LogP contribution >= 0.6 is 15.9 Å². The zero-order valence-corrected chi connectivity index (χ0v) is 12.5. The normalized spacial score (nSPS) is 10.1. The monoisotopic (exact) mass is 352 g/mol. The number of hydrogen-bond donors (Lipinski definition) is 2. The molecule has 110 valence electrons. The quantitative estimate of drug-likeness (QED) is 0.358. The van der Waals surface area contributed by atoms with Crippen molar-refractivity contribution in [3.05, 3.63) is 51.1 Å². The molecule has 0 fully saturated rings. The van der Waals surface area contributed by atoms with Crippen molar-refractivity contribution >= 4 is 33.1 Å². The first kappa shape index (κ1) is 15.0. The van der Waals surface area contributed by atoms with Crippen molar-refractivity contribution in [1.29, 1.82) is 0 Å². The maximum absolute atomic E-state index is 10.6. The van der Waals surface area contributed by atoms with E-state index in [-0.39, 0.29) is 5.69 Å². The number of aromatic nitrogens is 1.